The zero-order chi connectivity index (χ0) is 101. The Morgan fingerprint density at radius 3 is 1.60 bits per heavy atom. The van der Waals surface area contributed by atoms with E-state index in [2.05, 4.69) is 73.1 Å². The molecular weight excluding hydrogens is 1810 g/mol. The minimum Gasteiger partial charge on any atom is -0.508 e. The van der Waals surface area contributed by atoms with E-state index in [0.717, 1.165) is 31.4 Å². The van der Waals surface area contributed by atoms with Crippen molar-refractivity contribution in [3.05, 3.63) is 120 Å². The first-order valence-corrected chi connectivity index (χ1v) is 47.7. The summed E-state index contributed by atoms with van der Waals surface area (Å²) in [6.07, 6.45) is 2.18. The molecule has 44 nitrogen and oxygen atoms in total. The Hall–Kier alpha value is -13.6. The molecule has 3 aromatic carbocycles. The third kappa shape index (κ3) is 30.5. The highest BCUT2D eigenvalue weighted by Gasteiger charge is 2.47. The van der Waals surface area contributed by atoms with Crippen molar-refractivity contribution in [3.63, 3.8) is 0 Å². The van der Waals surface area contributed by atoms with E-state index in [1.54, 1.807) is 67.8 Å². The van der Waals surface area contributed by atoms with E-state index < -0.39 is 254 Å². The van der Waals surface area contributed by atoms with Crippen LogP contribution < -0.4 is 70.4 Å². The van der Waals surface area contributed by atoms with E-state index in [0.29, 0.717) is 64.2 Å². The monoisotopic (exact) mass is 1940 g/mol. The number of nitrogens with one attached hydrogen (secondary N) is 13. The minimum atomic E-state index is -1.81. The Kier molecular flexibility index (Phi) is 41.3. The molecule has 16 amide bonds. The maximum Gasteiger partial charge on any atom is 0.303 e. The molecule has 23 N–H and O–H groups in total. The second kappa shape index (κ2) is 52.7. The van der Waals surface area contributed by atoms with Gasteiger partial charge in [-0.2, -0.15) is 0 Å². The Morgan fingerprint density at radius 1 is 0.500 bits per heavy atom. The van der Waals surface area contributed by atoms with Gasteiger partial charge < -0.3 is 130 Å². The maximum atomic E-state index is 15.9. The number of carbonyl (C=O) groups excluding carboxylic acids is 16. The van der Waals surface area contributed by atoms with Gasteiger partial charge in [0.05, 0.1) is 30.4 Å². The van der Waals surface area contributed by atoms with Gasteiger partial charge in [0.1, 0.15) is 90.3 Å². The number of primary amides is 1. The topological polar surface area (TPSA) is 663 Å². The largest absolute Gasteiger partial charge is 0.508 e. The van der Waals surface area contributed by atoms with Crippen molar-refractivity contribution in [2.24, 2.45) is 17.2 Å². The number of imidazole rings is 1. The Bertz CT molecular complexity index is 5270. The molecule has 3 aliphatic heterocycles. The molecule has 0 radical (unpaired) electrons. The highest BCUT2D eigenvalue weighted by molar-refractivity contribution is 8.00. The number of nitrogens with zero attached hydrogens (tertiary/aromatic N) is 6. The number of carboxylic acids is 2. The van der Waals surface area contributed by atoms with Crippen LogP contribution in [0, 0.1) is 0 Å². The zero-order valence-corrected chi connectivity index (χ0v) is 79.2. The number of aliphatic hydroxyl groups excluding tert-OH is 1. The van der Waals surface area contributed by atoms with Crippen molar-refractivity contribution in [3.8, 4) is 5.75 Å². The van der Waals surface area contributed by atoms with Gasteiger partial charge in [-0.05, 0) is 132 Å². The number of aliphatic hydroxyl groups is 1. The first kappa shape index (κ1) is 108. The van der Waals surface area contributed by atoms with Gasteiger partial charge >= 0.3 is 11.9 Å². The Labute approximate surface area is 801 Å². The highest BCUT2D eigenvalue weighted by Crippen LogP contribution is 2.28. The van der Waals surface area contributed by atoms with Crippen LogP contribution in [-0.4, -0.2) is 327 Å². The van der Waals surface area contributed by atoms with Gasteiger partial charge in [0, 0.05) is 125 Å². The number of phenolic OH excluding ortho intramolecular Hbond substituents is 1. The number of hydrogen-bond acceptors (Lipinski definition) is 24. The fourth-order valence-corrected chi connectivity index (χ4v) is 18.0. The fourth-order valence-electron chi connectivity index (χ4n) is 17.1. The van der Waals surface area contributed by atoms with Gasteiger partial charge in [0.2, 0.25) is 94.5 Å². The number of fused-ring (bicyclic) bond motifs is 4. The Morgan fingerprint density at radius 2 is 1.00 bits per heavy atom. The van der Waals surface area contributed by atoms with E-state index in [1.165, 1.54) is 69.8 Å². The van der Waals surface area contributed by atoms with Crippen molar-refractivity contribution >= 4 is 140 Å². The number of carbonyl (C=O) groups is 18. The van der Waals surface area contributed by atoms with E-state index in [4.69, 9.17) is 17.2 Å². The summed E-state index contributed by atoms with van der Waals surface area (Å²) in [6, 6.07) is -2.17. The number of aromatic amines is 3. The van der Waals surface area contributed by atoms with Crippen LogP contribution in [0.25, 0.3) is 21.8 Å². The molecule has 0 unspecified atom stereocenters. The normalized spacial score (nSPS) is 24.5. The van der Waals surface area contributed by atoms with Gasteiger partial charge in [0.15, 0.2) is 0 Å². The predicted molar refractivity (Wildman–Crippen MR) is 505 cm³/mol. The van der Waals surface area contributed by atoms with Crippen molar-refractivity contribution in [2.75, 3.05) is 65.4 Å². The number of H-pyrrole nitrogens is 3. The van der Waals surface area contributed by atoms with Crippen LogP contribution >= 0.6 is 11.8 Å². The first-order valence-electron chi connectivity index (χ1n) is 46.6. The van der Waals surface area contributed by atoms with Crippen molar-refractivity contribution in [2.45, 2.75) is 253 Å². The summed E-state index contributed by atoms with van der Waals surface area (Å²) < 4.78 is 0. The molecule has 0 saturated carbocycles. The van der Waals surface area contributed by atoms with E-state index in [1.807, 2.05) is 6.92 Å². The standard InChI is InChI=1S/C93H130N22O22S/c1-7-9-25-72-86(130)104-64(32-34-78(120)121)83(127)110-71(81(125)100-47-76(96)118)49-138-50-77(119)102-69(39-53-28-30-57(116)31-29-53)89(133)111(4)52(3)80(124)105-65(24-17-37-95)91(135)114-38-18-27-73(114)87(131)108-68(42-56-46-97-51-101-56)85(129)106-66(33-35-79(122)123)92(136)115-48-58(117)43-75(115)88(132)107-67(40-54-44-98-61-21-13-11-19-59(54)61)84(128)103-63(23-15-16-36-94)82(126)109-70(41-55-45-99-62-22-14-12-20-60(55)62)90(134)113(6)74(26-10-8-2)93(137)112(72)5/h11-14,19-22,28-31,44-46,51-52,58,63-75,98-99,116-117H,7-10,15-18,23-27,32-43,47-50,94-95H2,1-6H3,(H2,96,118)(H,97,101)(H,100,125)(H,102,119)(H,103,128)(H,104,130)(H,105,124)(H,106,129)(H,107,132)(H,108,131)(H,109,126)(H,110,127)(H,120,121)(H,122,123)/t52-,58+,63-,64-,65-,66-,67-,68-,69-,70-,71-,72-,73-,74-,75-/m0/s1. The number of thioether (sulfide) groups is 1. The molecule has 3 aromatic heterocycles. The zero-order valence-electron chi connectivity index (χ0n) is 78.4. The van der Waals surface area contributed by atoms with E-state index in [-0.39, 0.29) is 115 Å². The fraction of sp³-hybridized carbons (Fsp3) is 0.538. The van der Waals surface area contributed by atoms with Crippen molar-refractivity contribution < 1.29 is 107 Å². The summed E-state index contributed by atoms with van der Waals surface area (Å²) >= 11 is 0.730. The number of amides is 16. The minimum absolute atomic E-state index is 0.0126. The molecule has 750 valence electrons. The van der Waals surface area contributed by atoms with Gasteiger partial charge in [-0.25, -0.2) is 4.98 Å². The van der Waals surface area contributed by atoms with E-state index in [9.17, 15) is 63.6 Å². The van der Waals surface area contributed by atoms with Crippen LogP contribution in [-0.2, 0) is 112 Å². The van der Waals surface area contributed by atoms with Crippen LogP contribution in [0.2, 0.25) is 0 Å². The first-order chi connectivity index (χ1) is 65.9. The van der Waals surface area contributed by atoms with Gasteiger partial charge in [0.25, 0.3) is 0 Å². The third-order valence-electron chi connectivity index (χ3n) is 25.0. The van der Waals surface area contributed by atoms with Crippen LogP contribution in [0.1, 0.15) is 159 Å². The molecule has 9 rings (SSSR count). The second-order valence-electron chi connectivity index (χ2n) is 35.1. The number of hydrogen-bond donors (Lipinski definition) is 20. The number of unbranched alkanes of at least 4 members (excludes halogenated alkanes) is 3. The van der Waals surface area contributed by atoms with Crippen molar-refractivity contribution in [1.82, 2.24) is 97.6 Å². The van der Waals surface area contributed by atoms with E-state index >= 15 is 43.2 Å². The van der Waals surface area contributed by atoms with Gasteiger partial charge in [-0.15, -0.1) is 11.8 Å². The van der Waals surface area contributed by atoms with Gasteiger partial charge in [-0.1, -0.05) is 88.1 Å². The molecule has 3 aliphatic rings. The summed E-state index contributed by atoms with van der Waals surface area (Å²) in [7, 11) is 3.91. The second-order valence-corrected chi connectivity index (χ2v) is 36.1. The van der Waals surface area contributed by atoms with Crippen LogP contribution in [0.5, 0.6) is 5.75 Å². The number of rotatable bonds is 30. The molecule has 15 atom stereocenters. The summed E-state index contributed by atoms with van der Waals surface area (Å²) in [5.74, 6) is -19.1. The quantitative estimate of drug-likeness (QED) is 0.0228. The molecule has 0 spiro atoms. The summed E-state index contributed by atoms with van der Waals surface area (Å²) in [4.78, 5) is 282. The Balaban J connectivity index is 1.12. The molecule has 3 saturated heterocycles. The van der Waals surface area contributed by atoms with Gasteiger partial charge in [-0.3, -0.25) is 86.3 Å². The lowest BCUT2D eigenvalue weighted by Crippen LogP contribution is -2.61. The summed E-state index contributed by atoms with van der Waals surface area (Å²) in [6.45, 7) is 3.74. The third-order valence-corrected chi connectivity index (χ3v) is 26.0. The maximum absolute atomic E-state index is 15.9. The van der Waals surface area contributed by atoms with Crippen molar-refractivity contribution in [1.29, 1.82) is 0 Å². The van der Waals surface area contributed by atoms with Crippen LogP contribution in [0.15, 0.2) is 97.7 Å². The lowest BCUT2D eigenvalue weighted by Gasteiger charge is -2.36. The lowest BCUT2D eigenvalue weighted by molar-refractivity contribution is -0.149. The molecule has 6 heterocycles. The van der Waals surface area contributed by atoms with Crippen LogP contribution in [0.4, 0.5) is 0 Å². The molecule has 138 heavy (non-hydrogen) atoms. The molecule has 45 heteroatoms. The lowest BCUT2D eigenvalue weighted by atomic mass is 9.99. The number of carboxylic acid groups (broad SMARTS) is 2. The summed E-state index contributed by atoms with van der Waals surface area (Å²) in [5.41, 5.74) is 20.3. The molecule has 6 aromatic rings. The number of phenols is 1. The molecule has 0 aliphatic carbocycles. The number of aromatic nitrogens is 4. The molecule has 0 bridgehead atoms. The predicted octanol–water partition coefficient (Wildman–Crippen LogP) is -1.51. The summed E-state index contributed by atoms with van der Waals surface area (Å²) in [5, 5.41) is 69.8. The van der Waals surface area contributed by atoms with Crippen LogP contribution in [0.3, 0.4) is 0 Å². The smallest absolute Gasteiger partial charge is 0.303 e. The number of aromatic hydroxyl groups is 1. The number of para-hydroxylation sites is 2. The molecular formula is C93H130N22O22S. The number of likely N-dealkylation sites (N-methyl/N-ethyl adjacent to an activating group) is 3. The SMILES string of the molecule is CCCC[C@H]1C(=O)N(C)[C@@H](CCCC)C(=O)N[C@@H](CCC(=O)O)C(=O)N[C@H](C(=O)NCC(N)=O)CSCC(=O)N[C@@H](Cc2ccc(O)cc2)C(=O)N(C)[C@@H](C)C(=O)N[C@@H](CCCN)C(=O)N2CCC[C@H]2C(=O)N[C@@H](Cc2c[nH]cn2)C(=O)N[C@@H](CCC(=O)O)C(=O)N2C[C@H](O)C[C@H]2C(=O)N[C@@H](Cc2c[nH]c3ccccc23)C(=O)N[C@@H](CCCCN)C(=O)N[C@@H](Cc2c[nH]c3ccccc23)C(=O)N1C. The number of aliphatic carboxylic acids is 2. The number of nitrogens with two attached hydrogens (primary N) is 3. The average molecular weight is 1940 g/mol. The number of benzene rings is 3. The highest BCUT2D eigenvalue weighted by atomic mass is 32.2. The molecule has 3 fully saturated rings. The average Bonchev–Trinajstić information content (AvgIpc) is 1.60.